The van der Waals surface area contributed by atoms with Crippen molar-refractivity contribution in [2.45, 2.75) is 12.2 Å². The smallest absolute Gasteiger partial charge is 0.325 e. The van der Waals surface area contributed by atoms with Gasteiger partial charge in [-0.25, -0.2) is 0 Å². The van der Waals surface area contributed by atoms with E-state index in [9.17, 15) is 9.59 Å². The molecule has 1 aliphatic rings. The molecule has 1 heterocycles. The highest BCUT2D eigenvalue weighted by Gasteiger charge is 2.22. The topological polar surface area (TPSA) is 64.6 Å². The van der Waals surface area contributed by atoms with Crippen molar-refractivity contribution in [1.29, 1.82) is 0 Å². The Morgan fingerprint density at radius 2 is 2.05 bits per heavy atom. The highest BCUT2D eigenvalue weighted by molar-refractivity contribution is 8.06. The van der Waals surface area contributed by atoms with Crippen LogP contribution in [0.25, 0.3) is 0 Å². The molecule has 108 valence electrons. The van der Waals surface area contributed by atoms with Gasteiger partial charge in [-0.1, -0.05) is 0 Å². The monoisotopic (exact) mass is 295 g/mol. The second-order valence-electron chi connectivity index (χ2n) is 4.28. The molecule has 1 saturated heterocycles. The molecule has 0 saturated carbocycles. The van der Waals surface area contributed by atoms with E-state index in [1.807, 2.05) is 11.8 Å². The third-order valence-corrected chi connectivity index (χ3v) is 3.59. The van der Waals surface area contributed by atoms with Crippen molar-refractivity contribution in [3.8, 4) is 5.75 Å². The molecule has 0 aliphatic carbocycles. The molecule has 1 aromatic carbocycles. The van der Waals surface area contributed by atoms with E-state index in [-0.39, 0.29) is 12.5 Å². The van der Waals surface area contributed by atoms with Crippen LogP contribution < -0.4 is 10.1 Å². The van der Waals surface area contributed by atoms with Crippen LogP contribution in [0.1, 0.15) is 17.3 Å². The second-order valence-corrected chi connectivity index (χ2v) is 5.61. The molecule has 1 aromatic rings. The van der Waals surface area contributed by atoms with Crippen LogP contribution in [0, 0.1) is 0 Å². The first-order valence-corrected chi connectivity index (χ1v) is 7.52. The Morgan fingerprint density at radius 3 is 2.65 bits per heavy atom. The Bertz CT molecular complexity index is 471. The summed E-state index contributed by atoms with van der Waals surface area (Å²) in [7, 11) is 0. The number of thioether (sulfide) groups is 1. The van der Waals surface area contributed by atoms with Gasteiger partial charge in [-0.2, -0.15) is 11.8 Å². The molecule has 0 radical (unpaired) electrons. The van der Waals surface area contributed by atoms with Crippen LogP contribution in [0.2, 0.25) is 0 Å². The molecule has 1 aliphatic heterocycles. The van der Waals surface area contributed by atoms with Crippen LogP contribution in [-0.4, -0.2) is 42.6 Å². The van der Waals surface area contributed by atoms with Gasteiger partial charge in [-0.05, 0) is 31.2 Å². The lowest BCUT2D eigenvalue weighted by Crippen LogP contribution is -2.30. The molecule has 0 spiro atoms. The molecular weight excluding hydrogens is 278 g/mol. The maximum absolute atomic E-state index is 11.8. The Kier molecular flexibility index (Phi) is 5.29. The summed E-state index contributed by atoms with van der Waals surface area (Å²) in [6.07, 6.45) is 0. The molecule has 20 heavy (non-hydrogen) atoms. The van der Waals surface area contributed by atoms with Gasteiger partial charge in [0.1, 0.15) is 18.9 Å². The molecule has 1 fully saturated rings. The summed E-state index contributed by atoms with van der Waals surface area (Å²) < 4.78 is 10.3. The van der Waals surface area contributed by atoms with Crippen molar-refractivity contribution in [2.24, 2.45) is 0 Å². The number of benzene rings is 1. The Hall–Kier alpha value is -1.69. The van der Waals surface area contributed by atoms with Gasteiger partial charge in [0.2, 0.25) is 0 Å². The summed E-state index contributed by atoms with van der Waals surface area (Å²) in [4.78, 5) is 22.9. The first kappa shape index (κ1) is 14.7. The van der Waals surface area contributed by atoms with E-state index in [1.165, 1.54) is 0 Å². The molecule has 0 bridgehead atoms. The number of hydrogen-bond donors (Lipinski definition) is 1. The molecule has 2 rings (SSSR count). The minimum Gasteiger partial charge on any atom is -0.492 e. The van der Waals surface area contributed by atoms with E-state index in [0.29, 0.717) is 24.0 Å². The summed E-state index contributed by atoms with van der Waals surface area (Å²) in [5.74, 6) is 1.17. The highest BCUT2D eigenvalue weighted by atomic mass is 32.2. The van der Waals surface area contributed by atoms with Crippen molar-refractivity contribution in [1.82, 2.24) is 5.32 Å². The lowest BCUT2D eigenvalue weighted by Gasteiger charge is -2.07. The molecule has 1 unspecified atom stereocenters. The zero-order valence-electron chi connectivity index (χ0n) is 11.3. The van der Waals surface area contributed by atoms with Gasteiger partial charge >= 0.3 is 5.97 Å². The number of amides is 1. The van der Waals surface area contributed by atoms with Crippen molar-refractivity contribution >= 4 is 23.6 Å². The molecule has 1 N–H and O–H groups in total. The molecule has 5 nitrogen and oxygen atoms in total. The lowest BCUT2D eigenvalue weighted by molar-refractivity contribution is -0.141. The maximum atomic E-state index is 11.8. The predicted molar refractivity (Wildman–Crippen MR) is 77.1 cm³/mol. The summed E-state index contributed by atoms with van der Waals surface area (Å²) in [6.45, 7) is 2.61. The Morgan fingerprint density at radius 1 is 1.35 bits per heavy atom. The van der Waals surface area contributed by atoms with E-state index in [1.54, 1.807) is 31.2 Å². The van der Waals surface area contributed by atoms with Crippen LogP contribution in [0.15, 0.2) is 24.3 Å². The van der Waals surface area contributed by atoms with Gasteiger partial charge in [0.15, 0.2) is 0 Å². The van der Waals surface area contributed by atoms with Gasteiger partial charge in [0.05, 0.1) is 6.61 Å². The van der Waals surface area contributed by atoms with Gasteiger partial charge in [-0.15, -0.1) is 0 Å². The van der Waals surface area contributed by atoms with E-state index in [4.69, 9.17) is 9.47 Å². The van der Waals surface area contributed by atoms with Crippen LogP contribution in [0.5, 0.6) is 5.75 Å². The normalized spacial score (nSPS) is 16.4. The average molecular weight is 295 g/mol. The first-order chi connectivity index (χ1) is 9.69. The van der Waals surface area contributed by atoms with Gasteiger partial charge in [-0.3, -0.25) is 9.59 Å². The Balaban J connectivity index is 1.78. The largest absolute Gasteiger partial charge is 0.492 e. The standard InChI is InChI=1S/C14H17NO4S/c1-2-18-13(16)7-15-14(17)10-3-5-11(6-4-10)19-8-12-9-20-12/h3-6,12H,2,7-9H2,1H3,(H,15,17). The van der Waals surface area contributed by atoms with Gasteiger partial charge in [0, 0.05) is 16.6 Å². The van der Waals surface area contributed by atoms with E-state index in [0.717, 1.165) is 11.5 Å². The van der Waals surface area contributed by atoms with Crippen molar-refractivity contribution in [2.75, 3.05) is 25.5 Å². The van der Waals surface area contributed by atoms with Crippen molar-refractivity contribution in [3.63, 3.8) is 0 Å². The predicted octanol–water partition coefficient (Wildman–Crippen LogP) is 1.47. The van der Waals surface area contributed by atoms with E-state index in [2.05, 4.69) is 5.32 Å². The van der Waals surface area contributed by atoms with Gasteiger partial charge < -0.3 is 14.8 Å². The second kappa shape index (κ2) is 7.19. The number of ether oxygens (including phenoxy) is 2. The summed E-state index contributed by atoms with van der Waals surface area (Å²) in [5.41, 5.74) is 0.488. The molecule has 0 aromatic heterocycles. The quantitative estimate of drug-likeness (QED) is 0.609. The minimum atomic E-state index is -0.442. The third kappa shape index (κ3) is 4.77. The number of hydrogen-bond acceptors (Lipinski definition) is 5. The fraction of sp³-hybridized carbons (Fsp3) is 0.429. The number of rotatable bonds is 7. The fourth-order valence-corrected chi connectivity index (χ4v) is 1.92. The summed E-state index contributed by atoms with van der Waals surface area (Å²) >= 11 is 1.88. The molecular formula is C14H17NO4S. The molecule has 1 atom stereocenters. The maximum Gasteiger partial charge on any atom is 0.325 e. The van der Waals surface area contributed by atoms with Crippen LogP contribution in [0.4, 0.5) is 0 Å². The van der Waals surface area contributed by atoms with E-state index < -0.39 is 5.97 Å². The lowest BCUT2D eigenvalue weighted by atomic mass is 10.2. The van der Waals surface area contributed by atoms with Crippen LogP contribution in [-0.2, 0) is 9.53 Å². The summed E-state index contributed by atoms with van der Waals surface area (Å²) in [5, 5.41) is 3.12. The average Bonchev–Trinajstić information content (AvgIpc) is 3.28. The highest BCUT2D eigenvalue weighted by Crippen LogP contribution is 2.30. The minimum absolute atomic E-state index is 0.121. The number of carbonyl (C=O) groups excluding carboxylic acids is 2. The third-order valence-electron chi connectivity index (χ3n) is 2.65. The van der Waals surface area contributed by atoms with Crippen molar-refractivity contribution in [3.05, 3.63) is 29.8 Å². The number of esters is 1. The Labute approximate surface area is 122 Å². The number of nitrogens with one attached hydrogen (secondary N) is 1. The fourth-order valence-electron chi connectivity index (χ4n) is 1.52. The van der Waals surface area contributed by atoms with Crippen molar-refractivity contribution < 1.29 is 19.1 Å². The number of carbonyl (C=O) groups is 2. The van der Waals surface area contributed by atoms with Crippen LogP contribution in [0.3, 0.4) is 0 Å². The molecule has 6 heteroatoms. The zero-order valence-corrected chi connectivity index (χ0v) is 12.1. The zero-order chi connectivity index (χ0) is 14.4. The van der Waals surface area contributed by atoms with E-state index >= 15 is 0 Å². The molecule has 1 amide bonds. The van der Waals surface area contributed by atoms with Crippen LogP contribution >= 0.6 is 11.8 Å². The summed E-state index contributed by atoms with van der Waals surface area (Å²) in [6, 6.07) is 6.87. The van der Waals surface area contributed by atoms with Gasteiger partial charge in [0.25, 0.3) is 5.91 Å². The SMILES string of the molecule is CCOC(=O)CNC(=O)c1ccc(OCC2CS2)cc1. The first-order valence-electron chi connectivity index (χ1n) is 6.47.